The Morgan fingerprint density at radius 3 is 2.81 bits per heavy atom. The van der Waals surface area contributed by atoms with Crippen LogP contribution >= 0.6 is 15.9 Å². The molecule has 0 radical (unpaired) electrons. The summed E-state index contributed by atoms with van der Waals surface area (Å²) in [5.74, 6) is -1.07. The average molecular weight is 368 g/mol. The van der Waals surface area contributed by atoms with Gasteiger partial charge in [-0.1, -0.05) is 15.9 Å². The van der Waals surface area contributed by atoms with Gasteiger partial charge in [0, 0.05) is 11.0 Å². The standard InChI is InChI=1S/C13H13BrF3NO3/c14-8-1-2-10(13(15,16)17)11(5-8)18-3-4-21-7-9(18)6-12(19)20/h1-2,5,9H,3-4,6-7H2,(H,19,20). The summed E-state index contributed by atoms with van der Waals surface area (Å²) in [5, 5.41) is 8.90. The molecule has 21 heavy (non-hydrogen) atoms. The van der Waals surface area contributed by atoms with Gasteiger partial charge >= 0.3 is 12.1 Å². The van der Waals surface area contributed by atoms with E-state index in [-0.39, 0.29) is 31.9 Å². The molecule has 0 amide bonds. The minimum atomic E-state index is -4.50. The van der Waals surface area contributed by atoms with Gasteiger partial charge in [0.15, 0.2) is 0 Å². The number of aliphatic carboxylic acids is 1. The molecule has 0 aromatic heterocycles. The van der Waals surface area contributed by atoms with Gasteiger partial charge in [-0.2, -0.15) is 13.2 Å². The number of anilines is 1. The van der Waals surface area contributed by atoms with Gasteiger partial charge in [0.05, 0.1) is 36.9 Å². The van der Waals surface area contributed by atoms with E-state index < -0.39 is 23.8 Å². The Balaban J connectivity index is 2.42. The summed E-state index contributed by atoms with van der Waals surface area (Å²) in [7, 11) is 0. The molecule has 1 aromatic rings. The van der Waals surface area contributed by atoms with Crippen LogP contribution in [-0.4, -0.2) is 36.9 Å². The molecule has 1 aliphatic rings. The molecule has 1 atom stereocenters. The van der Waals surface area contributed by atoms with Crippen LogP contribution in [0.25, 0.3) is 0 Å². The monoisotopic (exact) mass is 367 g/mol. The summed E-state index contributed by atoms with van der Waals surface area (Å²) in [6.45, 7) is 0.577. The molecule has 1 N–H and O–H groups in total. The van der Waals surface area contributed by atoms with Gasteiger partial charge in [0.1, 0.15) is 0 Å². The largest absolute Gasteiger partial charge is 0.481 e. The first-order valence-corrected chi connectivity index (χ1v) is 7.01. The molecule has 0 bridgehead atoms. The normalized spacial score (nSPS) is 19.6. The highest BCUT2D eigenvalue weighted by Gasteiger charge is 2.37. The van der Waals surface area contributed by atoms with Crippen LogP contribution in [0.3, 0.4) is 0 Å². The molecular weight excluding hydrogens is 355 g/mol. The van der Waals surface area contributed by atoms with Crippen LogP contribution in [0.5, 0.6) is 0 Å². The second-order valence-electron chi connectivity index (χ2n) is 4.68. The van der Waals surface area contributed by atoms with Crippen molar-refractivity contribution in [3.05, 3.63) is 28.2 Å². The number of ether oxygens (including phenoxy) is 1. The molecule has 1 saturated heterocycles. The molecule has 0 saturated carbocycles. The molecule has 116 valence electrons. The third-order valence-corrected chi connectivity index (χ3v) is 3.71. The smallest absolute Gasteiger partial charge is 0.418 e. The van der Waals surface area contributed by atoms with Gasteiger partial charge in [-0.15, -0.1) is 0 Å². The molecule has 1 aliphatic heterocycles. The van der Waals surface area contributed by atoms with Crippen molar-refractivity contribution in [2.45, 2.75) is 18.6 Å². The first kappa shape index (κ1) is 16.1. The zero-order valence-corrected chi connectivity index (χ0v) is 12.4. The van der Waals surface area contributed by atoms with Crippen LogP contribution in [-0.2, 0) is 15.7 Å². The average Bonchev–Trinajstić information content (AvgIpc) is 2.37. The number of rotatable bonds is 3. The lowest BCUT2D eigenvalue weighted by Gasteiger charge is -2.38. The Bertz CT molecular complexity index is 536. The van der Waals surface area contributed by atoms with Crippen molar-refractivity contribution < 1.29 is 27.8 Å². The van der Waals surface area contributed by atoms with E-state index in [0.717, 1.165) is 6.07 Å². The molecular formula is C13H13BrF3NO3. The number of alkyl halides is 3. The molecule has 8 heteroatoms. The minimum absolute atomic E-state index is 0.0218. The maximum absolute atomic E-state index is 13.1. The van der Waals surface area contributed by atoms with Crippen molar-refractivity contribution >= 4 is 27.6 Å². The number of carboxylic acids is 1. The Morgan fingerprint density at radius 2 is 2.19 bits per heavy atom. The predicted molar refractivity (Wildman–Crippen MR) is 73.3 cm³/mol. The van der Waals surface area contributed by atoms with E-state index in [1.54, 1.807) is 0 Å². The zero-order chi connectivity index (χ0) is 15.6. The van der Waals surface area contributed by atoms with E-state index in [2.05, 4.69) is 15.9 Å². The second-order valence-corrected chi connectivity index (χ2v) is 5.59. The lowest BCUT2D eigenvalue weighted by Crippen LogP contribution is -2.47. The van der Waals surface area contributed by atoms with Crippen molar-refractivity contribution in [2.75, 3.05) is 24.7 Å². The van der Waals surface area contributed by atoms with Gasteiger partial charge in [0.2, 0.25) is 0 Å². The van der Waals surface area contributed by atoms with E-state index in [4.69, 9.17) is 9.84 Å². The highest BCUT2D eigenvalue weighted by Crippen LogP contribution is 2.39. The fraction of sp³-hybridized carbons (Fsp3) is 0.462. The van der Waals surface area contributed by atoms with Crippen LogP contribution in [0.4, 0.5) is 18.9 Å². The Hall–Kier alpha value is -1.28. The van der Waals surface area contributed by atoms with E-state index in [9.17, 15) is 18.0 Å². The van der Waals surface area contributed by atoms with Crippen molar-refractivity contribution in [3.8, 4) is 0 Å². The maximum Gasteiger partial charge on any atom is 0.418 e. The number of halogens is 4. The van der Waals surface area contributed by atoms with Gasteiger partial charge in [-0.3, -0.25) is 4.79 Å². The van der Waals surface area contributed by atoms with Crippen molar-refractivity contribution in [1.82, 2.24) is 0 Å². The summed E-state index contributed by atoms with van der Waals surface area (Å²) in [6.07, 6.45) is -4.77. The SMILES string of the molecule is O=C(O)CC1COCCN1c1cc(Br)ccc1C(F)(F)F. The number of hydrogen-bond acceptors (Lipinski definition) is 3. The van der Waals surface area contributed by atoms with Crippen molar-refractivity contribution in [2.24, 2.45) is 0 Å². The van der Waals surface area contributed by atoms with Crippen LogP contribution < -0.4 is 4.90 Å². The summed E-state index contributed by atoms with van der Waals surface area (Å²) in [6, 6.07) is 3.06. The van der Waals surface area contributed by atoms with Gasteiger partial charge in [-0.05, 0) is 18.2 Å². The number of benzene rings is 1. The number of nitrogens with zero attached hydrogens (tertiary/aromatic N) is 1. The summed E-state index contributed by atoms with van der Waals surface area (Å²) < 4.78 is 45.1. The van der Waals surface area contributed by atoms with Crippen molar-refractivity contribution in [3.63, 3.8) is 0 Å². The maximum atomic E-state index is 13.1. The Morgan fingerprint density at radius 1 is 1.48 bits per heavy atom. The van der Waals surface area contributed by atoms with E-state index in [1.165, 1.54) is 17.0 Å². The molecule has 0 aliphatic carbocycles. The molecule has 0 spiro atoms. The highest BCUT2D eigenvalue weighted by molar-refractivity contribution is 9.10. The lowest BCUT2D eigenvalue weighted by molar-refractivity contribution is -0.138. The summed E-state index contributed by atoms with van der Waals surface area (Å²) >= 11 is 3.16. The molecule has 2 rings (SSSR count). The molecule has 1 unspecified atom stereocenters. The number of hydrogen-bond donors (Lipinski definition) is 1. The summed E-state index contributed by atoms with van der Waals surface area (Å²) in [4.78, 5) is 12.3. The molecule has 1 heterocycles. The molecule has 4 nitrogen and oxygen atoms in total. The predicted octanol–water partition coefficient (Wildman–Crippen LogP) is 3.15. The Kier molecular flexibility index (Phi) is 4.77. The van der Waals surface area contributed by atoms with Crippen LogP contribution in [0, 0.1) is 0 Å². The Labute approximate surface area is 127 Å². The van der Waals surface area contributed by atoms with Crippen LogP contribution in [0.2, 0.25) is 0 Å². The van der Waals surface area contributed by atoms with Gasteiger partial charge < -0.3 is 14.7 Å². The topological polar surface area (TPSA) is 49.8 Å². The van der Waals surface area contributed by atoms with E-state index in [0.29, 0.717) is 4.47 Å². The zero-order valence-electron chi connectivity index (χ0n) is 10.9. The number of morpholine rings is 1. The second kappa shape index (κ2) is 6.23. The fourth-order valence-electron chi connectivity index (χ4n) is 2.32. The van der Waals surface area contributed by atoms with Crippen LogP contribution in [0.1, 0.15) is 12.0 Å². The van der Waals surface area contributed by atoms with Crippen LogP contribution in [0.15, 0.2) is 22.7 Å². The number of carbonyl (C=O) groups is 1. The fourth-order valence-corrected chi connectivity index (χ4v) is 2.67. The molecule has 1 aromatic carbocycles. The molecule has 1 fully saturated rings. The third kappa shape index (κ3) is 3.88. The van der Waals surface area contributed by atoms with Crippen molar-refractivity contribution in [1.29, 1.82) is 0 Å². The van der Waals surface area contributed by atoms with E-state index in [1.807, 2.05) is 0 Å². The summed E-state index contributed by atoms with van der Waals surface area (Å²) in [5.41, 5.74) is -0.797. The van der Waals surface area contributed by atoms with E-state index >= 15 is 0 Å². The quantitative estimate of drug-likeness (QED) is 0.891. The lowest BCUT2D eigenvalue weighted by atomic mass is 10.1. The first-order valence-electron chi connectivity index (χ1n) is 6.22. The number of carboxylic acid groups (broad SMARTS) is 1. The third-order valence-electron chi connectivity index (χ3n) is 3.21. The highest BCUT2D eigenvalue weighted by atomic mass is 79.9. The van der Waals surface area contributed by atoms with Gasteiger partial charge in [-0.25, -0.2) is 0 Å². The first-order chi connectivity index (χ1) is 9.79. The van der Waals surface area contributed by atoms with Gasteiger partial charge in [0.25, 0.3) is 0 Å². The minimum Gasteiger partial charge on any atom is -0.481 e.